The Morgan fingerprint density at radius 3 is 2.49 bits per heavy atom. The van der Waals surface area contributed by atoms with Crippen LogP contribution in [-0.2, 0) is 0 Å². The standard InChI is InChI=1S/C37H28N4/c1-3-11-29-27(4-2)30-21-31-28-15-5-7-17-33(28)40(26-14-9-12-24(20-26)25-13-10-19-38-23-25)35(31)22-36(30)41-34-18-8-6-16-32(34)39-37(29)41/h3-22,38H,1,23H2,2H3/b27-4+,29-11+. The first-order valence-electron chi connectivity index (χ1n) is 14.0. The maximum absolute atomic E-state index is 5.10. The minimum Gasteiger partial charge on any atom is -0.387 e. The average Bonchev–Trinajstić information content (AvgIpc) is 3.57. The number of para-hydroxylation sites is 3. The molecule has 0 unspecified atom stereocenters. The molecule has 4 aromatic carbocycles. The van der Waals surface area contributed by atoms with Crippen LogP contribution in [0.1, 0.15) is 12.5 Å². The van der Waals surface area contributed by atoms with Crippen molar-refractivity contribution in [1.82, 2.24) is 19.3 Å². The first-order chi connectivity index (χ1) is 20.3. The zero-order valence-corrected chi connectivity index (χ0v) is 22.8. The molecule has 196 valence electrons. The topological polar surface area (TPSA) is 34.3 Å². The molecule has 4 nitrogen and oxygen atoms in total. The fraction of sp³-hybridized carbons (Fsp3) is 0.0541. The van der Waals surface area contributed by atoms with E-state index in [0.717, 1.165) is 39.6 Å². The van der Waals surface area contributed by atoms with E-state index in [1.807, 2.05) is 12.3 Å². The number of hydrogen-bond donors (Lipinski definition) is 1. The summed E-state index contributed by atoms with van der Waals surface area (Å²) >= 11 is 0. The van der Waals surface area contributed by atoms with Crippen LogP contribution in [0.25, 0.3) is 72.8 Å². The number of imidazole rings is 1. The quantitative estimate of drug-likeness (QED) is 0.268. The van der Waals surface area contributed by atoms with E-state index in [-0.39, 0.29) is 0 Å². The predicted molar refractivity (Wildman–Crippen MR) is 174 cm³/mol. The van der Waals surface area contributed by atoms with Crippen LogP contribution in [0.4, 0.5) is 0 Å². The van der Waals surface area contributed by atoms with Gasteiger partial charge in [0.2, 0.25) is 0 Å². The van der Waals surface area contributed by atoms with E-state index in [9.17, 15) is 0 Å². The van der Waals surface area contributed by atoms with Crippen molar-refractivity contribution >= 4 is 67.1 Å². The molecule has 0 aliphatic carbocycles. The van der Waals surface area contributed by atoms with Crippen LogP contribution in [0, 0.1) is 0 Å². The van der Waals surface area contributed by atoms with Crippen molar-refractivity contribution in [3.05, 3.63) is 132 Å². The van der Waals surface area contributed by atoms with Gasteiger partial charge in [0.25, 0.3) is 0 Å². The predicted octanol–water partition coefficient (Wildman–Crippen LogP) is 7.01. The summed E-state index contributed by atoms with van der Waals surface area (Å²) in [7, 11) is 0. The molecule has 0 atom stereocenters. The van der Waals surface area contributed by atoms with Gasteiger partial charge in [-0.1, -0.05) is 73.3 Å². The van der Waals surface area contributed by atoms with Crippen molar-refractivity contribution in [2.45, 2.75) is 6.92 Å². The van der Waals surface area contributed by atoms with Crippen molar-refractivity contribution in [1.29, 1.82) is 0 Å². The Bertz CT molecular complexity index is 2400. The first kappa shape index (κ1) is 23.5. The maximum atomic E-state index is 5.10. The highest BCUT2D eigenvalue weighted by molar-refractivity contribution is 6.14. The third-order valence-corrected chi connectivity index (χ3v) is 8.27. The average molecular weight is 529 g/mol. The van der Waals surface area contributed by atoms with Gasteiger partial charge in [-0.15, -0.1) is 0 Å². The van der Waals surface area contributed by atoms with Crippen LogP contribution in [0.5, 0.6) is 0 Å². The molecule has 8 rings (SSSR count). The molecule has 0 bridgehead atoms. The lowest BCUT2D eigenvalue weighted by atomic mass is 10.0. The first-order valence-corrected chi connectivity index (χ1v) is 14.0. The molecule has 1 aliphatic heterocycles. The van der Waals surface area contributed by atoms with Gasteiger partial charge in [0.15, 0.2) is 0 Å². The van der Waals surface area contributed by atoms with E-state index in [1.165, 1.54) is 43.5 Å². The molecule has 0 radical (unpaired) electrons. The molecule has 0 saturated carbocycles. The molecule has 0 spiro atoms. The summed E-state index contributed by atoms with van der Waals surface area (Å²) in [6.07, 6.45) is 12.4. The van der Waals surface area contributed by atoms with Crippen molar-refractivity contribution < 1.29 is 0 Å². The smallest absolute Gasteiger partial charge is 0.146 e. The van der Waals surface area contributed by atoms with Crippen molar-refractivity contribution in [3.63, 3.8) is 0 Å². The molecule has 1 aliphatic rings. The van der Waals surface area contributed by atoms with Gasteiger partial charge in [-0.3, -0.25) is 4.40 Å². The molecule has 4 heterocycles. The fourth-order valence-electron chi connectivity index (χ4n) is 6.50. The number of allylic oxidation sites excluding steroid dienone is 3. The number of nitrogens with one attached hydrogen (secondary N) is 1. The third-order valence-electron chi connectivity index (χ3n) is 8.27. The number of aromatic nitrogens is 3. The summed E-state index contributed by atoms with van der Waals surface area (Å²) in [6.45, 7) is 6.95. The minimum atomic E-state index is 0.823. The molecule has 7 aromatic rings. The summed E-state index contributed by atoms with van der Waals surface area (Å²) in [5.41, 5.74) is 10.2. The van der Waals surface area contributed by atoms with E-state index in [2.05, 4.69) is 137 Å². The van der Waals surface area contributed by atoms with Crippen LogP contribution in [0.3, 0.4) is 0 Å². The van der Waals surface area contributed by atoms with E-state index >= 15 is 0 Å². The number of benzene rings is 4. The van der Waals surface area contributed by atoms with Crippen molar-refractivity contribution in [2.24, 2.45) is 0 Å². The Labute approximate surface area is 237 Å². The Hall–Kier alpha value is -5.35. The van der Waals surface area contributed by atoms with E-state index in [4.69, 9.17) is 4.98 Å². The van der Waals surface area contributed by atoms with Crippen molar-refractivity contribution in [3.8, 4) is 5.69 Å². The number of pyridine rings is 1. The highest BCUT2D eigenvalue weighted by atomic mass is 15.0. The molecule has 0 fully saturated rings. The lowest BCUT2D eigenvalue weighted by Crippen LogP contribution is -2.28. The summed E-state index contributed by atoms with van der Waals surface area (Å²) in [6, 6.07) is 30.7. The van der Waals surface area contributed by atoms with E-state index in [0.29, 0.717) is 0 Å². The Kier molecular flexibility index (Phi) is 5.22. The number of hydrogen-bond acceptors (Lipinski definition) is 2. The Morgan fingerprint density at radius 1 is 0.805 bits per heavy atom. The summed E-state index contributed by atoms with van der Waals surface area (Å²) < 4.78 is 4.72. The van der Waals surface area contributed by atoms with Crippen LogP contribution in [0.15, 0.2) is 116 Å². The van der Waals surface area contributed by atoms with Gasteiger partial charge < -0.3 is 9.88 Å². The summed E-state index contributed by atoms with van der Waals surface area (Å²) in [5.74, 6) is 0. The molecule has 0 amide bonds. The highest BCUT2D eigenvalue weighted by Gasteiger charge is 2.18. The van der Waals surface area contributed by atoms with Crippen LogP contribution in [0.2, 0.25) is 0 Å². The zero-order valence-electron chi connectivity index (χ0n) is 22.8. The summed E-state index contributed by atoms with van der Waals surface area (Å²) in [5, 5.41) is 9.28. The molecular weight excluding hydrogens is 500 g/mol. The lowest BCUT2D eigenvalue weighted by Gasteiger charge is -2.14. The number of nitrogens with zero attached hydrogens (tertiary/aromatic N) is 3. The summed E-state index contributed by atoms with van der Waals surface area (Å²) in [4.78, 5) is 5.10. The zero-order chi connectivity index (χ0) is 27.5. The molecule has 3 aromatic heterocycles. The lowest BCUT2D eigenvalue weighted by molar-refractivity contribution is 0.985. The Morgan fingerprint density at radius 2 is 1.66 bits per heavy atom. The van der Waals surface area contributed by atoms with Gasteiger partial charge in [0.1, 0.15) is 5.65 Å². The number of fused-ring (bicyclic) bond motifs is 8. The van der Waals surface area contributed by atoms with E-state index < -0.39 is 0 Å². The van der Waals surface area contributed by atoms with Crippen LogP contribution < -0.4 is 15.8 Å². The third kappa shape index (κ3) is 3.44. The molecule has 4 heteroatoms. The highest BCUT2D eigenvalue weighted by Crippen LogP contribution is 2.35. The largest absolute Gasteiger partial charge is 0.387 e. The van der Waals surface area contributed by atoms with Crippen molar-refractivity contribution in [2.75, 3.05) is 6.54 Å². The number of dihydropyridines is 1. The van der Waals surface area contributed by atoms with Gasteiger partial charge in [-0.2, -0.15) is 0 Å². The SMILES string of the molecule is C=C/C=c1\c(=C/C)c2cc3c4ccccc4n(-c4cccc(C5=CC=CNC5)c4)c3cc2n2c1nc1ccccc12. The van der Waals surface area contributed by atoms with Gasteiger partial charge in [-0.05, 0) is 78.0 Å². The second kappa shape index (κ2) is 9.10. The van der Waals surface area contributed by atoms with Gasteiger partial charge in [0, 0.05) is 33.6 Å². The molecule has 1 N–H and O–H groups in total. The Balaban J connectivity index is 1.56. The minimum absolute atomic E-state index is 0.823. The normalized spacial score (nSPS) is 14.5. The molecule has 41 heavy (non-hydrogen) atoms. The monoisotopic (exact) mass is 528 g/mol. The molecule has 0 saturated heterocycles. The fourth-order valence-corrected chi connectivity index (χ4v) is 6.50. The molecular formula is C37H28N4. The maximum Gasteiger partial charge on any atom is 0.146 e. The van der Waals surface area contributed by atoms with Gasteiger partial charge in [-0.25, -0.2) is 4.98 Å². The van der Waals surface area contributed by atoms with Crippen LogP contribution in [-0.4, -0.2) is 20.5 Å². The van der Waals surface area contributed by atoms with E-state index in [1.54, 1.807) is 0 Å². The van der Waals surface area contributed by atoms with Crippen LogP contribution >= 0.6 is 0 Å². The second-order valence-electron chi connectivity index (χ2n) is 10.5. The van der Waals surface area contributed by atoms with Gasteiger partial charge >= 0.3 is 0 Å². The number of rotatable bonds is 3. The van der Waals surface area contributed by atoms with Gasteiger partial charge in [0.05, 0.1) is 27.6 Å². The second-order valence-corrected chi connectivity index (χ2v) is 10.5.